The Hall–Kier alpha value is -1.94. The molecule has 0 bridgehead atoms. The van der Waals surface area contributed by atoms with Crippen molar-refractivity contribution in [2.75, 3.05) is 0 Å². The van der Waals surface area contributed by atoms with Crippen molar-refractivity contribution in [1.29, 1.82) is 0 Å². The van der Waals surface area contributed by atoms with Gasteiger partial charge in [-0.05, 0) is 36.0 Å². The molecule has 2 rings (SSSR count). The van der Waals surface area contributed by atoms with Crippen molar-refractivity contribution in [3.8, 4) is 0 Å². The summed E-state index contributed by atoms with van der Waals surface area (Å²) in [7, 11) is 0. The van der Waals surface area contributed by atoms with E-state index in [1.54, 1.807) is 0 Å². The molecular weight excluding hydrogens is 264 g/mol. The molecule has 0 saturated heterocycles. The fourth-order valence-electron chi connectivity index (χ4n) is 2.60. The second-order valence-corrected chi connectivity index (χ2v) is 5.78. The van der Waals surface area contributed by atoms with Gasteiger partial charge in [-0.25, -0.2) is 10.4 Å². The minimum atomic E-state index is -0.418. The van der Waals surface area contributed by atoms with Crippen LogP contribution in [-0.2, 0) is 16.0 Å². The molecule has 112 valence electrons. The Morgan fingerprint density at radius 2 is 1.95 bits per heavy atom. The summed E-state index contributed by atoms with van der Waals surface area (Å²) in [5.41, 5.74) is 7.16. The Balaban J connectivity index is 2.23. The number of carbonyl (C=O) groups is 2. The molecule has 4 heteroatoms. The third-order valence-corrected chi connectivity index (χ3v) is 3.94. The molecule has 0 aliphatic carbocycles. The summed E-state index contributed by atoms with van der Waals surface area (Å²) in [6.07, 6.45) is 1.52. The number of rotatable bonds is 4. The molecule has 0 fully saturated rings. The maximum absolute atomic E-state index is 11.5. The van der Waals surface area contributed by atoms with Gasteiger partial charge in [-0.3, -0.25) is 4.79 Å². The van der Waals surface area contributed by atoms with Crippen LogP contribution in [0.2, 0.25) is 0 Å². The number of hydrogen-bond acceptors (Lipinski definition) is 3. The quantitative estimate of drug-likeness (QED) is 0.865. The van der Waals surface area contributed by atoms with Crippen LogP contribution in [0.4, 0.5) is 0 Å². The molecule has 0 saturated carbocycles. The lowest BCUT2D eigenvalue weighted by Crippen LogP contribution is -2.40. The molecule has 1 heterocycles. The van der Waals surface area contributed by atoms with Crippen LogP contribution in [0.25, 0.3) is 0 Å². The molecule has 1 unspecified atom stereocenters. The van der Waals surface area contributed by atoms with E-state index >= 15 is 0 Å². The Morgan fingerprint density at radius 1 is 1.33 bits per heavy atom. The van der Waals surface area contributed by atoms with Gasteiger partial charge in [-0.15, -0.1) is 0 Å². The fraction of sp³-hybridized carbons (Fsp3) is 0.412. The highest BCUT2D eigenvalue weighted by atomic mass is 16.2. The van der Waals surface area contributed by atoms with Crippen LogP contribution in [-0.4, -0.2) is 23.2 Å². The third kappa shape index (κ3) is 3.22. The number of nitrogens with one attached hydrogen (secondary N) is 1. The number of hydrazine groups is 1. The van der Waals surface area contributed by atoms with Crippen molar-refractivity contribution >= 4 is 12.2 Å². The number of aldehydes is 1. The average Bonchev–Trinajstić information content (AvgIpc) is 2.76. The van der Waals surface area contributed by atoms with Gasteiger partial charge in [0.25, 0.3) is 0 Å². The van der Waals surface area contributed by atoms with Crippen molar-refractivity contribution in [3.63, 3.8) is 0 Å². The first-order valence-corrected chi connectivity index (χ1v) is 7.24. The Labute approximate surface area is 125 Å². The molecule has 21 heavy (non-hydrogen) atoms. The van der Waals surface area contributed by atoms with Crippen LogP contribution in [0.5, 0.6) is 0 Å². The van der Waals surface area contributed by atoms with Crippen LogP contribution < -0.4 is 5.43 Å². The van der Waals surface area contributed by atoms with Crippen molar-refractivity contribution < 1.29 is 9.59 Å². The second kappa shape index (κ2) is 6.22. The fourth-order valence-corrected chi connectivity index (χ4v) is 2.60. The number of carbonyl (C=O) groups excluding carboxylic acids is 2. The summed E-state index contributed by atoms with van der Waals surface area (Å²) in [4.78, 5) is 22.8. The normalized spacial score (nSPS) is 18.5. The Kier molecular flexibility index (Phi) is 4.58. The average molecular weight is 286 g/mol. The third-order valence-electron chi connectivity index (χ3n) is 3.94. The standard InChI is InChI=1S/C17H22N2O2/c1-11(2)15-7-5-14(6-8-15)9-16-12(3)19(13(4)21)18-17(16)10-20/h5-8,10-11,17-18H,9H2,1-4H3. The van der Waals surface area contributed by atoms with E-state index in [1.807, 2.05) is 6.92 Å². The van der Waals surface area contributed by atoms with E-state index in [0.717, 1.165) is 23.1 Å². The molecule has 1 aromatic rings. The van der Waals surface area contributed by atoms with E-state index in [1.165, 1.54) is 17.5 Å². The smallest absolute Gasteiger partial charge is 0.237 e. The van der Waals surface area contributed by atoms with Crippen molar-refractivity contribution in [3.05, 3.63) is 46.7 Å². The van der Waals surface area contributed by atoms with Gasteiger partial charge in [0.05, 0.1) is 0 Å². The summed E-state index contributed by atoms with van der Waals surface area (Å²) in [6, 6.07) is 8.01. The maximum Gasteiger partial charge on any atom is 0.237 e. The molecule has 1 aliphatic rings. The maximum atomic E-state index is 11.5. The molecule has 0 radical (unpaired) electrons. The van der Waals surface area contributed by atoms with E-state index in [9.17, 15) is 9.59 Å². The highest BCUT2D eigenvalue weighted by Gasteiger charge is 2.30. The zero-order chi connectivity index (χ0) is 15.6. The SMILES string of the molecule is CC(=O)N1NC(C=O)C(Cc2ccc(C(C)C)cc2)=C1C. The predicted molar refractivity (Wildman–Crippen MR) is 82.4 cm³/mol. The summed E-state index contributed by atoms with van der Waals surface area (Å²) >= 11 is 0. The number of amides is 1. The minimum Gasteiger partial charge on any atom is -0.301 e. The topological polar surface area (TPSA) is 49.4 Å². The van der Waals surface area contributed by atoms with Crippen LogP contribution in [0.1, 0.15) is 44.7 Å². The molecule has 1 amide bonds. The van der Waals surface area contributed by atoms with Gasteiger partial charge in [0.1, 0.15) is 12.3 Å². The lowest BCUT2D eigenvalue weighted by molar-refractivity contribution is -0.129. The molecule has 1 atom stereocenters. The van der Waals surface area contributed by atoms with Gasteiger partial charge in [-0.2, -0.15) is 0 Å². The van der Waals surface area contributed by atoms with Crippen molar-refractivity contribution in [2.24, 2.45) is 0 Å². The van der Waals surface area contributed by atoms with E-state index in [4.69, 9.17) is 0 Å². The van der Waals surface area contributed by atoms with Crippen molar-refractivity contribution in [1.82, 2.24) is 10.4 Å². The molecule has 0 spiro atoms. The monoisotopic (exact) mass is 286 g/mol. The summed E-state index contributed by atoms with van der Waals surface area (Å²) in [6.45, 7) is 7.68. The summed E-state index contributed by atoms with van der Waals surface area (Å²) in [5.74, 6) is 0.397. The largest absolute Gasteiger partial charge is 0.301 e. The molecule has 1 N–H and O–H groups in total. The van der Waals surface area contributed by atoms with Crippen LogP contribution in [0.15, 0.2) is 35.5 Å². The second-order valence-electron chi connectivity index (χ2n) is 5.78. The van der Waals surface area contributed by atoms with Gasteiger partial charge in [-0.1, -0.05) is 38.1 Å². The van der Waals surface area contributed by atoms with Gasteiger partial charge in [0.2, 0.25) is 5.91 Å². The zero-order valence-electron chi connectivity index (χ0n) is 13.0. The summed E-state index contributed by atoms with van der Waals surface area (Å²) in [5, 5.41) is 1.46. The van der Waals surface area contributed by atoms with Crippen molar-refractivity contribution in [2.45, 2.75) is 46.1 Å². The lowest BCUT2D eigenvalue weighted by Gasteiger charge is -2.15. The van der Waals surface area contributed by atoms with Gasteiger partial charge in [0, 0.05) is 12.6 Å². The number of benzene rings is 1. The van der Waals surface area contributed by atoms with E-state index in [0.29, 0.717) is 12.3 Å². The van der Waals surface area contributed by atoms with Gasteiger partial charge < -0.3 is 4.79 Å². The zero-order valence-corrected chi connectivity index (χ0v) is 13.0. The van der Waals surface area contributed by atoms with Gasteiger partial charge >= 0.3 is 0 Å². The first-order chi connectivity index (χ1) is 9.93. The minimum absolute atomic E-state index is 0.107. The molecule has 1 aromatic carbocycles. The van der Waals surface area contributed by atoms with E-state index < -0.39 is 6.04 Å². The molecule has 1 aliphatic heterocycles. The predicted octanol–water partition coefficient (Wildman–Crippen LogP) is 2.56. The molecule has 4 nitrogen and oxygen atoms in total. The molecule has 0 aromatic heterocycles. The first-order valence-electron chi connectivity index (χ1n) is 7.24. The van der Waals surface area contributed by atoms with E-state index in [2.05, 4.69) is 43.5 Å². The van der Waals surface area contributed by atoms with Gasteiger partial charge in [0.15, 0.2) is 0 Å². The lowest BCUT2D eigenvalue weighted by atomic mass is 9.96. The molecular formula is C17H22N2O2. The van der Waals surface area contributed by atoms with E-state index in [-0.39, 0.29) is 5.91 Å². The highest BCUT2D eigenvalue weighted by Crippen LogP contribution is 2.24. The highest BCUT2D eigenvalue weighted by molar-refractivity contribution is 5.78. The van der Waals surface area contributed by atoms with Crippen LogP contribution >= 0.6 is 0 Å². The summed E-state index contributed by atoms with van der Waals surface area (Å²) < 4.78 is 0. The first kappa shape index (κ1) is 15.4. The van der Waals surface area contributed by atoms with Crippen LogP contribution in [0, 0.1) is 0 Å². The Morgan fingerprint density at radius 3 is 2.43 bits per heavy atom. The van der Waals surface area contributed by atoms with Crippen LogP contribution in [0.3, 0.4) is 0 Å². The Bertz CT molecular complexity index is 573. The number of allylic oxidation sites excluding steroid dienone is 1. The number of nitrogens with zero attached hydrogens (tertiary/aromatic N) is 1. The number of hydrogen-bond donors (Lipinski definition) is 1.